The van der Waals surface area contributed by atoms with Crippen molar-refractivity contribution in [1.29, 1.82) is 0 Å². The Morgan fingerprint density at radius 1 is 1.50 bits per heavy atom. The number of aryl methyl sites for hydroxylation is 1. The molecule has 1 atom stereocenters. The Labute approximate surface area is 116 Å². The largest absolute Gasteiger partial charge is 0.396 e. The average Bonchev–Trinajstić information content (AvgIpc) is 2.37. The molecule has 0 spiro atoms. The number of nitrogens with zero attached hydrogens (tertiary/aromatic N) is 2. The van der Waals surface area contributed by atoms with E-state index in [1.165, 1.54) is 6.07 Å². The molecule has 0 saturated carbocycles. The Hall–Kier alpha value is -2.21. The second-order valence-electron chi connectivity index (χ2n) is 4.80. The quantitative estimate of drug-likeness (QED) is 0.647. The van der Waals surface area contributed by atoms with E-state index in [2.05, 4.69) is 10.3 Å². The van der Waals surface area contributed by atoms with Crippen molar-refractivity contribution in [1.82, 2.24) is 4.98 Å². The number of non-ortho nitro benzene ring substituents is 1. The van der Waals surface area contributed by atoms with Crippen LogP contribution in [0, 0.1) is 17.0 Å². The summed E-state index contributed by atoms with van der Waals surface area (Å²) in [6.07, 6.45) is 0.609. The van der Waals surface area contributed by atoms with Crippen LogP contribution in [0.1, 0.15) is 19.0 Å². The smallest absolute Gasteiger partial charge is 0.295 e. The summed E-state index contributed by atoms with van der Waals surface area (Å²) < 4.78 is 0. The summed E-state index contributed by atoms with van der Waals surface area (Å²) in [6, 6.07) is 6.85. The normalized spacial score (nSPS) is 12.3. The van der Waals surface area contributed by atoms with Crippen LogP contribution in [0.5, 0.6) is 0 Å². The van der Waals surface area contributed by atoms with Crippen LogP contribution in [0.4, 0.5) is 11.4 Å². The molecule has 0 fully saturated rings. The fourth-order valence-corrected chi connectivity index (χ4v) is 2.16. The Bertz CT molecular complexity index is 643. The molecule has 1 heterocycles. The lowest BCUT2D eigenvalue weighted by Crippen LogP contribution is -2.17. The molecule has 20 heavy (non-hydrogen) atoms. The van der Waals surface area contributed by atoms with E-state index in [0.717, 1.165) is 11.1 Å². The SMILES string of the molecule is Cc1cc(N[C@H](C)CCO)c2cccc([N+](=O)[O-])c2n1. The summed E-state index contributed by atoms with van der Waals surface area (Å²) in [5.74, 6) is 0. The Kier molecular flexibility index (Phi) is 4.14. The fourth-order valence-electron chi connectivity index (χ4n) is 2.16. The second-order valence-corrected chi connectivity index (χ2v) is 4.80. The van der Waals surface area contributed by atoms with E-state index in [9.17, 15) is 10.1 Å². The number of aliphatic hydroxyl groups excluding tert-OH is 1. The summed E-state index contributed by atoms with van der Waals surface area (Å²) in [4.78, 5) is 14.9. The summed E-state index contributed by atoms with van der Waals surface area (Å²) in [5, 5.41) is 24.0. The monoisotopic (exact) mass is 275 g/mol. The highest BCUT2D eigenvalue weighted by atomic mass is 16.6. The molecule has 1 aromatic carbocycles. The van der Waals surface area contributed by atoms with Crippen LogP contribution in [0.2, 0.25) is 0 Å². The van der Waals surface area contributed by atoms with E-state index >= 15 is 0 Å². The van der Waals surface area contributed by atoms with E-state index in [0.29, 0.717) is 17.6 Å². The summed E-state index contributed by atoms with van der Waals surface area (Å²) in [7, 11) is 0. The van der Waals surface area contributed by atoms with Crippen molar-refractivity contribution in [2.75, 3.05) is 11.9 Å². The van der Waals surface area contributed by atoms with Gasteiger partial charge in [-0.2, -0.15) is 0 Å². The molecule has 2 aromatic rings. The Morgan fingerprint density at radius 2 is 2.25 bits per heavy atom. The minimum Gasteiger partial charge on any atom is -0.396 e. The van der Waals surface area contributed by atoms with Gasteiger partial charge in [-0.15, -0.1) is 0 Å². The van der Waals surface area contributed by atoms with Gasteiger partial charge in [0, 0.05) is 35.5 Å². The maximum atomic E-state index is 11.1. The van der Waals surface area contributed by atoms with Gasteiger partial charge in [-0.25, -0.2) is 4.98 Å². The van der Waals surface area contributed by atoms with Gasteiger partial charge in [0.1, 0.15) is 0 Å². The highest BCUT2D eigenvalue weighted by Gasteiger charge is 2.16. The first-order valence-electron chi connectivity index (χ1n) is 6.45. The van der Waals surface area contributed by atoms with Crippen molar-refractivity contribution in [2.24, 2.45) is 0 Å². The van der Waals surface area contributed by atoms with Gasteiger partial charge >= 0.3 is 0 Å². The lowest BCUT2D eigenvalue weighted by atomic mass is 10.1. The predicted molar refractivity (Wildman–Crippen MR) is 77.9 cm³/mol. The number of nitro groups is 1. The molecule has 2 N–H and O–H groups in total. The molecule has 0 unspecified atom stereocenters. The van der Waals surface area contributed by atoms with Gasteiger partial charge in [0.2, 0.25) is 0 Å². The molecule has 0 bridgehead atoms. The van der Waals surface area contributed by atoms with Crippen molar-refractivity contribution >= 4 is 22.3 Å². The number of hydrogen-bond donors (Lipinski definition) is 2. The second kappa shape index (κ2) is 5.83. The van der Waals surface area contributed by atoms with Gasteiger partial charge in [0.05, 0.1) is 4.92 Å². The van der Waals surface area contributed by atoms with E-state index in [1.807, 2.05) is 19.1 Å². The van der Waals surface area contributed by atoms with Crippen LogP contribution >= 0.6 is 0 Å². The lowest BCUT2D eigenvalue weighted by Gasteiger charge is -2.16. The number of nitro benzene ring substituents is 1. The maximum Gasteiger partial charge on any atom is 0.295 e. The molecule has 106 valence electrons. The molecule has 0 aliphatic heterocycles. The van der Waals surface area contributed by atoms with Crippen molar-refractivity contribution in [3.8, 4) is 0 Å². The van der Waals surface area contributed by atoms with E-state index < -0.39 is 4.92 Å². The molecule has 0 aliphatic carbocycles. The zero-order valence-corrected chi connectivity index (χ0v) is 11.5. The van der Waals surface area contributed by atoms with Crippen LogP contribution < -0.4 is 5.32 Å². The summed E-state index contributed by atoms with van der Waals surface area (Å²) in [5.41, 5.74) is 1.91. The number of nitrogens with one attached hydrogen (secondary N) is 1. The predicted octanol–water partition coefficient (Wildman–Crippen LogP) is 2.63. The number of anilines is 1. The van der Waals surface area contributed by atoms with Crippen molar-refractivity contribution < 1.29 is 10.0 Å². The number of benzene rings is 1. The number of pyridine rings is 1. The van der Waals surface area contributed by atoms with E-state index in [1.54, 1.807) is 13.0 Å². The Balaban J connectivity index is 2.55. The average molecular weight is 275 g/mol. The highest BCUT2D eigenvalue weighted by Crippen LogP contribution is 2.30. The van der Waals surface area contributed by atoms with Crippen molar-refractivity contribution in [2.45, 2.75) is 26.3 Å². The Morgan fingerprint density at radius 3 is 2.90 bits per heavy atom. The number of rotatable bonds is 5. The third-order valence-corrected chi connectivity index (χ3v) is 3.11. The van der Waals surface area contributed by atoms with Crippen LogP contribution in [0.3, 0.4) is 0 Å². The molecule has 0 amide bonds. The maximum absolute atomic E-state index is 11.1. The van der Waals surface area contributed by atoms with Crippen molar-refractivity contribution in [3.05, 3.63) is 40.1 Å². The number of hydrogen-bond acceptors (Lipinski definition) is 5. The number of aromatic nitrogens is 1. The zero-order chi connectivity index (χ0) is 14.7. The first kappa shape index (κ1) is 14.2. The molecule has 2 rings (SSSR count). The van der Waals surface area contributed by atoms with Gasteiger partial charge in [-0.3, -0.25) is 10.1 Å². The minimum atomic E-state index is -0.421. The first-order valence-corrected chi connectivity index (χ1v) is 6.45. The number of para-hydroxylation sites is 1. The summed E-state index contributed by atoms with van der Waals surface area (Å²) in [6.45, 7) is 3.85. The minimum absolute atomic E-state index is 0.00376. The molecule has 0 saturated heterocycles. The van der Waals surface area contributed by atoms with Gasteiger partial charge in [-0.1, -0.05) is 12.1 Å². The standard InChI is InChI=1S/C14H17N3O3/c1-9(6-7-18)15-12-8-10(2)16-14-11(12)4-3-5-13(14)17(19)20/h3-5,8-9,18H,6-7H2,1-2H3,(H,15,16)/t9-/m1/s1. The third kappa shape index (κ3) is 2.85. The number of fused-ring (bicyclic) bond motifs is 1. The van der Waals surface area contributed by atoms with Crippen molar-refractivity contribution in [3.63, 3.8) is 0 Å². The fraction of sp³-hybridized carbons (Fsp3) is 0.357. The van der Waals surface area contributed by atoms with Gasteiger partial charge in [0.25, 0.3) is 5.69 Å². The molecular weight excluding hydrogens is 258 g/mol. The van der Waals surface area contributed by atoms with Crippen LogP contribution in [0.25, 0.3) is 10.9 Å². The van der Waals surface area contributed by atoms with Gasteiger partial charge in [-0.05, 0) is 26.3 Å². The first-order chi connectivity index (χ1) is 9.52. The van der Waals surface area contributed by atoms with Gasteiger partial charge < -0.3 is 10.4 Å². The molecule has 1 aromatic heterocycles. The highest BCUT2D eigenvalue weighted by molar-refractivity contribution is 5.96. The van der Waals surface area contributed by atoms with Crippen LogP contribution in [-0.2, 0) is 0 Å². The van der Waals surface area contributed by atoms with Crippen LogP contribution in [0.15, 0.2) is 24.3 Å². The molecule has 0 aliphatic rings. The van der Waals surface area contributed by atoms with Gasteiger partial charge in [0.15, 0.2) is 5.52 Å². The summed E-state index contributed by atoms with van der Waals surface area (Å²) >= 11 is 0. The third-order valence-electron chi connectivity index (χ3n) is 3.11. The number of aliphatic hydroxyl groups is 1. The molecular formula is C14H17N3O3. The topological polar surface area (TPSA) is 88.3 Å². The zero-order valence-electron chi connectivity index (χ0n) is 11.5. The van der Waals surface area contributed by atoms with Crippen LogP contribution in [-0.4, -0.2) is 27.7 Å². The van der Waals surface area contributed by atoms with E-state index in [-0.39, 0.29) is 18.3 Å². The lowest BCUT2D eigenvalue weighted by molar-refractivity contribution is -0.383. The molecule has 0 radical (unpaired) electrons. The van der Waals surface area contributed by atoms with E-state index in [4.69, 9.17) is 5.11 Å². The molecule has 6 nitrogen and oxygen atoms in total. The molecule has 6 heteroatoms.